The first-order valence-electron chi connectivity index (χ1n) is 24.1. The number of phenols is 2. The van der Waals surface area contributed by atoms with Gasteiger partial charge in [-0.25, -0.2) is 19.4 Å². The van der Waals surface area contributed by atoms with Crippen LogP contribution in [0.15, 0.2) is 114 Å². The molecule has 0 bridgehead atoms. The third kappa shape index (κ3) is 11.1. The van der Waals surface area contributed by atoms with Gasteiger partial charge in [-0.15, -0.1) is 0 Å². The molecule has 17 nitrogen and oxygen atoms in total. The quantitative estimate of drug-likeness (QED) is 0.0691. The van der Waals surface area contributed by atoms with E-state index in [0.29, 0.717) is 61.5 Å². The fourth-order valence-corrected chi connectivity index (χ4v) is 9.30. The lowest BCUT2D eigenvalue weighted by molar-refractivity contribution is -0.123. The van der Waals surface area contributed by atoms with Crippen molar-refractivity contribution >= 4 is 24.8 Å². The van der Waals surface area contributed by atoms with Crippen LogP contribution in [0.5, 0.6) is 11.5 Å². The molecule has 2 fully saturated rings. The van der Waals surface area contributed by atoms with E-state index < -0.39 is 41.9 Å². The van der Waals surface area contributed by atoms with Crippen molar-refractivity contribution in [2.45, 2.75) is 97.0 Å². The van der Waals surface area contributed by atoms with E-state index in [4.69, 9.17) is 9.31 Å². The number of aromatic amines is 1. The van der Waals surface area contributed by atoms with E-state index in [9.17, 15) is 29.4 Å². The lowest BCUT2D eigenvalue weighted by Gasteiger charge is -2.37. The molecule has 0 saturated carbocycles. The molecule has 3 atom stereocenters. The van der Waals surface area contributed by atoms with Crippen molar-refractivity contribution in [1.29, 1.82) is 0 Å². The number of nitrogens with zero attached hydrogens (tertiary/aromatic N) is 6. The van der Waals surface area contributed by atoms with Gasteiger partial charge in [-0.3, -0.25) is 24.3 Å². The maximum Gasteiger partial charge on any atom is 0.482 e. The van der Waals surface area contributed by atoms with Crippen LogP contribution in [0, 0.1) is 5.92 Å². The number of hydrogen-bond donors (Lipinski definition) is 5. The highest BCUT2D eigenvalue weighted by atomic mass is 16.7. The highest BCUT2D eigenvalue weighted by Gasteiger charge is 2.57. The molecule has 2 aliphatic rings. The van der Waals surface area contributed by atoms with Crippen molar-refractivity contribution in [3.8, 4) is 28.6 Å². The average molecular weight is 964 g/mol. The minimum atomic E-state index is -0.962. The number of phenolic OH excluding ortho intramolecular Hbond substituents is 2. The van der Waals surface area contributed by atoms with Crippen LogP contribution < -0.4 is 16.3 Å². The van der Waals surface area contributed by atoms with Gasteiger partial charge in [0, 0.05) is 63.2 Å². The third-order valence-electron chi connectivity index (χ3n) is 13.6. The van der Waals surface area contributed by atoms with Crippen LogP contribution in [0.25, 0.3) is 17.1 Å². The van der Waals surface area contributed by atoms with Crippen LogP contribution in [-0.4, -0.2) is 113 Å². The Balaban J connectivity index is 0.889. The number of nitrogens with one attached hydrogen (secondary N) is 3. The summed E-state index contributed by atoms with van der Waals surface area (Å²) in [7, 11) is -0.830. The molecule has 4 heterocycles. The Hall–Kier alpha value is -7.15. The molecule has 8 rings (SSSR count). The minimum absolute atomic E-state index is 0.0220. The van der Waals surface area contributed by atoms with Crippen LogP contribution in [0.1, 0.15) is 104 Å². The van der Waals surface area contributed by atoms with Crippen molar-refractivity contribution in [1.82, 2.24) is 45.2 Å². The van der Waals surface area contributed by atoms with Gasteiger partial charge in [-0.1, -0.05) is 82.3 Å². The zero-order valence-electron chi connectivity index (χ0n) is 41.3. The summed E-state index contributed by atoms with van der Waals surface area (Å²) < 4.78 is 14.9. The molecule has 71 heavy (non-hydrogen) atoms. The number of rotatable bonds is 16. The van der Waals surface area contributed by atoms with Gasteiger partial charge in [0.25, 0.3) is 11.8 Å². The SMILES string of the molecule is CC(C)C[C@H](NC(=O)[C@H](Cc1ccccc1)NC(=O)c1cnccn1)B1OC(C)(C)C(C)(c2ccc(C(=O)N3CCN(Cc4ccc(-n5c(-c6cc(C(C)C)c(O)cc6O)n[nH]c5=O)cc4)CC3)cc2)O1. The zero-order chi connectivity index (χ0) is 50.6. The first-order valence-corrected chi connectivity index (χ1v) is 24.1. The van der Waals surface area contributed by atoms with Gasteiger partial charge in [0.2, 0.25) is 5.91 Å². The molecular formula is C53H62BN9O8. The molecule has 2 aromatic heterocycles. The average Bonchev–Trinajstić information content (AvgIpc) is 3.86. The summed E-state index contributed by atoms with van der Waals surface area (Å²) in [6.45, 7) is 16.9. The predicted octanol–water partition coefficient (Wildman–Crippen LogP) is 6.15. The predicted molar refractivity (Wildman–Crippen MR) is 269 cm³/mol. The summed E-state index contributed by atoms with van der Waals surface area (Å²) in [6.07, 6.45) is 5.04. The first kappa shape index (κ1) is 50.2. The van der Waals surface area contributed by atoms with Gasteiger partial charge in [-0.05, 0) is 91.6 Å². The Morgan fingerprint density at radius 3 is 2.18 bits per heavy atom. The second kappa shape index (κ2) is 21.1. The summed E-state index contributed by atoms with van der Waals surface area (Å²) >= 11 is 0. The van der Waals surface area contributed by atoms with Gasteiger partial charge < -0.3 is 35.1 Å². The molecule has 370 valence electrons. The molecule has 5 N–H and O–H groups in total. The molecule has 0 radical (unpaired) electrons. The smallest absolute Gasteiger partial charge is 0.482 e. The third-order valence-corrected chi connectivity index (χ3v) is 13.6. The highest BCUT2D eigenvalue weighted by Crippen LogP contribution is 2.46. The molecule has 4 aromatic carbocycles. The highest BCUT2D eigenvalue weighted by molar-refractivity contribution is 6.48. The minimum Gasteiger partial charge on any atom is -0.508 e. The topological polar surface area (TPSA) is 217 Å². The van der Waals surface area contributed by atoms with Crippen LogP contribution in [0.2, 0.25) is 0 Å². The van der Waals surface area contributed by atoms with Gasteiger partial charge in [-0.2, -0.15) is 5.10 Å². The van der Waals surface area contributed by atoms with E-state index >= 15 is 0 Å². The number of carbonyl (C=O) groups excluding carboxylic acids is 3. The number of piperazine rings is 1. The van der Waals surface area contributed by atoms with Gasteiger partial charge in [0.1, 0.15) is 28.8 Å². The Morgan fingerprint density at radius 1 is 0.831 bits per heavy atom. The summed E-state index contributed by atoms with van der Waals surface area (Å²) in [6, 6.07) is 26.5. The fraction of sp³-hybridized carbons (Fsp3) is 0.377. The lowest BCUT2D eigenvalue weighted by atomic mass is 9.73. The molecule has 3 amide bonds. The largest absolute Gasteiger partial charge is 0.508 e. The van der Waals surface area contributed by atoms with E-state index in [1.807, 2.05) is 118 Å². The van der Waals surface area contributed by atoms with Crippen LogP contribution >= 0.6 is 0 Å². The Bertz CT molecular complexity index is 2890. The van der Waals surface area contributed by atoms with Crippen molar-refractivity contribution in [3.05, 3.63) is 154 Å². The summed E-state index contributed by atoms with van der Waals surface area (Å²) in [5.41, 5.74) is 2.63. The molecule has 18 heteroatoms. The second-order valence-electron chi connectivity index (χ2n) is 19.8. The second-order valence-corrected chi connectivity index (χ2v) is 19.8. The van der Waals surface area contributed by atoms with Crippen molar-refractivity contribution in [3.63, 3.8) is 0 Å². The molecule has 6 aromatic rings. The van der Waals surface area contributed by atoms with Crippen molar-refractivity contribution in [2.75, 3.05) is 26.2 Å². The van der Waals surface area contributed by atoms with Gasteiger partial charge in [0.15, 0.2) is 5.82 Å². The van der Waals surface area contributed by atoms with E-state index in [2.05, 4.69) is 49.5 Å². The maximum atomic E-state index is 14.2. The maximum absolute atomic E-state index is 14.2. The van der Waals surface area contributed by atoms with Crippen LogP contribution in [-0.2, 0) is 32.7 Å². The van der Waals surface area contributed by atoms with Crippen LogP contribution in [0.3, 0.4) is 0 Å². The Morgan fingerprint density at radius 2 is 1.54 bits per heavy atom. The fourth-order valence-electron chi connectivity index (χ4n) is 9.30. The number of carbonyl (C=O) groups is 3. The normalized spacial score (nSPS) is 17.9. The van der Waals surface area contributed by atoms with E-state index in [1.165, 1.54) is 29.2 Å². The van der Waals surface area contributed by atoms with Crippen molar-refractivity contribution in [2.24, 2.45) is 5.92 Å². The summed E-state index contributed by atoms with van der Waals surface area (Å²) in [5.74, 6) is -1.38. The number of aromatic hydroxyl groups is 2. The van der Waals surface area contributed by atoms with Crippen LogP contribution in [0.4, 0.5) is 0 Å². The van der Waals surface area contributed by atoms with Gasteiger partial charge in [0.05, 0.1) is 29.0 Å². The number of H-pyrrole nitrogens is 1. The first-order chi connectivity index (χ1) is 33.9. The van der Waals surface area contributed by atoms with Crippen molar-refractivity contribution < 1.29 is 33.9 Å². The molecule has 2 saturated heterocycles. The standard InChI is InChI=1S/C53H62BN9O8/c1-33(2)27-46(58-48(66)42(28-35-11-9-8-10-12-35)57-49(67)43-31-55-21-22-56-43)54-70-52(5,6)53(7,71-54)38-17-15-37(16-18-38)50(68)62-25-23-61(24-26-62)32-36-13-19-39(20-14-36)63-47(59-60-51(63)69)41-29-40(34(3)4)44(64)30-45(41)65/h8-22,29-31,33-34,42,46,64-65H,23-28,32H2,1-7H3,(H,57,67)(H,58,66)(H,60,69)/t42-,46-,53?/m0/s1. The number of aromatic nitrogens is 5. The molecule has 2 aliphatic heterocycles. The number of hydrogen-bond acceptors (Lipinski definition) is 12. The molecule has 0 aliphatic carbocycles. The Labute approximate surface area is 413 Å². The number of amides is 3. The molecule has 0 spiro atoms. The van der Waals surface area contributed by atoms with E-state index in [1.54, 1.807) is 6.07 Å². The Kier molecular flexibility index (Phi) is 14.9. The zero-order valence-corrected chi connectivity index (χ0v) is 41.3. The number of benzene rings is 4. The molecule has 1 unspecified atom stereocenters. The van der Waals surface area contributed by atoms with E-state index in [0.717, 1.165) is 16.7 Å². The van der Waals surface area contributed by atoms with E-state index in [-0.39, 0.29) is 53.1 Å². The lowest BCUT2D eigenvalue weighted by Crippen LogP contribution is -2.55. The molecular weight excluding hydrogens is 901 g/mol. The monoisotopic (exact) mass is 963 g/mol. The summed E-state index contributed by atoms with van der Waals surface area (Å²) in [5, 5.41) is 33.8. The van der Waals surface area contributed by atoms with Gasteiger partial charge >= 0.3 is 12.8 Å². The summed E-state index contributed by atoms with van der Waals surface area (Å²) in [4.78, 5) is 66.6.